The molecule has 160 valence electrons. The third-order valence-corrected chi connectivity index (χ3v) is 5.47. The van der Waals surface area contributed by atoms with Crippen molar-refractivity contribution in [1.29, 1.82) is 5.26 Å². The number of hydrogen-bond donors (Lipinski definition) is 1. The van der Waals surface area contributed by atoms with Crippen LogP contribution in [-0.4, -0.2) is 21.6 Å². The van der Waals surface area contributed by atoms with Gasteiger partial charge in [0.1, 0.15) is 17.1 Å². The first kappa shape index (κ1) is 20.3. The van der Waals surface area contributed by atoms with E-state index in [-0.39, 0.29) is 0 Å². The maximum absolute atomic E-state index is 9.09. The van der Waals surface area contributed by atoms with Crippen LogP contribution in [0.25, 0.3) is 33.8 Å². The molecule has 6 heteroatoms. The lowest BCUT2D eigenvalue weighted by molar-refractivity contribution is 0.419. The molecule has 3 aromatic carbocycles. The predicted octanol–water partition coefficient (Wildman–Crippen LogP) is 5.73. The average molecular weight is 431 g/mol. The van der Waals surface area contributed by atoms with Crippen LogP contribution >= 0.6 is 0 Å². The van der Waals surface area contributed by atoms with Crippen LogP contribution in [-0.2, 0) is 6.54 Å². The number of para-hydroxylation sites is 2. The van der Waals surface area contributed by atoms with Gasteiger partial charge in [-0.2, -0.15) is 10.2 Å². The van der Waals surface area contributed by atoms with Gasteiger partial charge in [-0.25, -0.2) is 4.98 Å². The van der Waals surface area contributed by atoms with Gasteiger partial charge < -0.3 is 10.1 Å². The van der Waals surface area contributed by atoms with Gasteiger partial charge in [0.2, 0.25) is 5.95 Å². The van der Waals surface area contributed by atoms with Crippen molar-refractivity contribution in [3.8, 4) is 17.8 Å². The van der Waals surface area contributed by atoms with E-state index >= 15 is 0 Å². The lowest BCUT2D eigenvalue weighted by Gasteiger charge is -2.14. The summed E-state index contributed by atoms with van der Waals surface area (Å²) in [4.78, 5) is 9.81. The summed E-state index contributed by atoms with van der Waals surface area (Å²) in [6.07, 6.45) is 3.23. The number of allylic oxidation sites excluding steroid dienone is 1. The summed E-state index contributed by atoms with van der Waals surface area (Å²) in [5.74, 6) is 1.89. The fourth-order valence-corrected chi connectivity index (χ4v) is 3.94. The Bertz CT molecular complexity index is 1510. The average Bonchev–Trinajstić information content (AvgIpc) is 3.24. The van der Waals surface area contributed by atoms with Gasteiger partial charge in [0.05, 0.1) is 24.4 Å². The number of anilines is 1. The highest BCUT2D eigenvalue weighted by molar-refractivity contribution is 5.94. The lowest BCUT2D eigenvalue weighted by atomic mass is 10.2. The van der Waals surface area contributed by atoms with E-state index < -0.39 is 0 Å². The molecule has 0 spiro atoms. The zero-order valence-corrected chi connectivity index (χ0v) is 18.1. The Morgan fingerprint density at radius 1 is 1.00 bits per heavy atom. The van der Waals surface area contributed by atoms with Crippen molar-refractivity contribution in [3.05, 3.63) is 96.2 Å². The minimum atomic E-state index is 0.501. The van der Waals surface area contributed by atoms with E-state index in [1.807, 2.05) is 71.3 Å². The molecule has 0 fully saturated rings. The maximum atomic E-state index is 9.09. The predicted molar refractivity (Wildman–Crippen MR) is 131 cm³/mol. The molecule has 0 aliphatic carbocycles. The highest BCUT2D eigenvalue weighted by Gasteiger charge is 2.16. The second-order valence-electron chi connectivity index (χ2n) is 7.49. The van der Waals surface area contributed by atoms with Crippen LogP contribution in [0.5, 0.6) is 5.75 Å². The summed E-state index contributed by atoms with van der Waals surface area (Å²) < 4.78 is 7.58. The molecule has 0 atom stereocenters. The van der Waals surface area contributed by atoms with E-state index in [0.717, 1.165) is 27.5 Å². The Labute approximate surface area is 191 Å². The third-order valence-electron chi connectivity index (χ3n) is 5.47. The molecular formula is C27H21N5O. The molecule has 0 unspecified atom stereocenters. The van der Waals surface area contributed by atoms with Gasteiger partial charge >= 0.3 is 0 Å². The molecule has 1 N–H and O–H groups in total. The number of fused-ring (bicyclic) bond motifs is 2. The summed E-state index contributed by atoms with van der Waals surface area (Å²) >= 11 is 0. The number of ether oxygens (including phenoxy) is 1. The minimum Gasteiger partial charge on any atom is -0.494 e. The largest absolute Gasteiger partial charge is 0.494 e. The maximum Gasteiger partial charge on any atom is 0.237 e. The normalized spacial score (nSPS) is 11.2. The molecule has 6 nitrogen and oxygen atoms in total. The van der Waals surface area contributed by atoms with Crippen LogP contribution in [0.3, 0.4) is 0 Å². The summed E-state index contributed by atoms with van der Waals surface area (Å²) in [6, 6.07) is 28.1. The molecule has 0 saturated heterocycles. The first-order valence-corrected chi connectivity index (χ1v) is 10.6. The van der Waals surface area contributed by atoms with Gasteiger partial charge in [0, 0.05) is 23.4 Å². The van der Waals surface area contributed by atoms with Gasteiger partial charge in [0.25, 0.3) is 0 Å². The van der Waals surface area contributed by atoms with E-state index in [0.29, 0.717) is 29.6 Å². The quantitative estimate of drug-likeness (QED) is 0.347. The van der Waals surface area contributed by atoms with E-state index in [1.54, 1.807) is 13.2 Å². The van der Waals surface area contributed by atoms with Crippen molar-refractivity contribution in [1.82, 2.24) is 14.5 Å². The van der Waals surface area contributed by atoms with Crippen LogP contribution in [0.4, 0.5) is 5.82 Å². The molecule has 5 aromatic rings. The van der Waals surface area contributed by atoms with Crippen LogP contribution in [0.15, 0.2) is 84.9 Å². The lowest BCUT2D eigenvalue weighted by Crippen LogP contribution is -2.09. The summed E-state index contributed by atoms with van der Waals surface area (Å²) in [6.45, 7) is 0.622. The Kier molecular flexibility index (Phi) is 5.44. The van der Waals surface area contributed by atoms with Crippen LogP contribution in [0, 0.1) is 11.3 Å². The highest BCUT2D eigenvalue weighted by Crippen LogP contribution is 2.31. The van der Waals surface area contributed by atoms with Crippen LogP contribution < -0.4 is 10.1 Å². The van der Waals surface area contributed by atoms with Crippen molar-refractivity contribution in [3.63, 3.8) is 0 Å². The van der Waals surface area contributed by atoms with Gasteiger partial charge in [-0.15, -0.1) is 0 Å². The Morgan fingerprint density at radius 3 is 2.64 bits per heavy atom. The number of nitriles is 1. The molecule has 2 aromatic heterocycles. The standard InChI is InChI=1S/C27H21N5O/c1-33-24-15-7-13-22-25(24)30-27(31-26(22)29-18-19-9-3-2-4-10-19)32-21(12-8-16-28)17-20-11-5-6-14-23(20)32/h2-15,17H,18H2,1H3,(H,29,30,31). The molecule has 0 aliphatic rings. The number of nitrogens with one attached hydrogen (secondary N) is 1. The van der Waals surface area contributed by atoms with E-state index in [4.69, 9.17) is 20.0 Å². The topological polar surface area (TPSA) is 75.8 Å². The first-order chi connectivity index (χ1) is 16.3. The molecule has 0 bridgehead atoms. The molecule has 5 rings (SSSR count). The van der Waals surface area contributed by atoms with Gasteiger partial charge in [-0.1, -0.05) is 54.6 Å². The molecule has 2 heterocycles. The summed E-state index contributed by atoms with van der Waals surface area (Å²) in [5.41, 5.74) is 3.64. The molecule has 0 radical (unpaired) electrons. The van der Waals surface area contributed by atoms with Gasteiger partial charge in [-0.05, 0) is 35.9 Å². The SMILES string of the molecule is COc1cccc2c(NCc3ccccc3)nc(-n3c(C=CC#N)cc4ccccc43)nc12. The van der Waals surface area contributed by atoms with Crippen molar-refractivity contribution < 1.29 is 4.74 Å². The number of nitrogens with zero attached hydrogens (tertiary/aromatic N) is 4. The van der Waals surface area contributed by atoms with E-state index in [1.165, 1.54) is 6.08 Å². The summed E-state index contributed by atoms with van der Waals surface area (Å²) in [7, 11) is 1.64. The van der Waals surface area contributed by atoms with Gasteiger partial charge in [0.15, 0.2) is 0 Å². The number of methoxy groups -OCH3 is 1. The first-order valence-electron chi connectivity index (χ1n) is 10.6. The number of rotatable bonds is 6. The smallest absolute Gasteiger partial charge is 0.237 e. The zero-order valence-electron chi connectivity index (χ0n) is 18.1. The molecule has 0 aliphatic heterocycles. The number of hydrogen-bond acceptors (Lipinski definition) is 5. The number of aromatic nitrogens is 3. The van der Waals surface area contributed by atoms with Crippen LogP contribution in [0.2, 0.25) is 0 Å². The minimum absolute atomic E-state index is 0.501. The van der Waals surface area contributed by atoms with Crippen molar-refractivity contribution in [2.24, 2.45) is 0 Å². The van der Waals surface area contributed by atoms with Gasteiger partial charge in [-0.3, -0.25) is 4.57 Å². The second-order valence-corrected chi connectivity index (χ2v) is 7.49. The fourth-order valence-electron chi connectivity index (χ4n) is 3.94. The molecular weight excluding hydrogens is 410 g/mol. The van der Waals surface area contributed by atoms with Crippen LogP contribution in [0.1, 0.15) is 11.3 Å². The van der Waals surface area contributed by atoms with E-state index in [2.05, 4.69) is 23.5 Å². The Balaban J connectivity index is 1.73. The second kappa shape index (κ2) is 8.85. The Hall–Kier alpha value is -4.63. The van der Waals surface area contributed by atoms with Crippen molar-refractivity contribution >= 4 is 33.7 Å². The van der Waals surface area contributed by atoms with Crippen molar-refractivity contribution in [2.75, 3.05) is 12.4 Å². The molecule has 33 heavy (non-hydrogen) atoms. The number of benzene rings is 3. The Morgan fingerprint density at radius 2 is 1.82 bits per heavy atom. The summed E-state index contributed by atoms with van der Waals surface area (Å²) in [5, 5.41) is 14.5. The van der Waals surface area contributed by atoms with Crippen molar-refractivity contribution in [2.45, 2.75) is 6.54 Å². The molecule has 0 saturated carbocycles. The monoisotopic (exact) mass is 431 g/mol. The fraction of sp³-hybridized carbons (Fsp3) is 0.0741. The molecule has 0 amide bonds. The third kappa shape index (κ3) is 3.88. The zero-order chi connectivity index (χ0) is 22.6. The van der Waals surface area contributed by atoms with E-state index in [9.17, 15) is 0 Å². The highest BCUT2D eigenvalue weighted by atomic mass is 16.5.